The summed E-state index contributed by atoms with van der Waals surface area (Å²) in [6.45, 7) is 3.86. The third kappa shape index (κ3) is 3.11. The van der Waals surface area contributed by atoms with E-state index in [1.54, 1.807) is 32.0 Å². The lowest BCUT2D eigenvalue weighted by Crippen LogP contribution is -2.11. The van der Waals surface area contributed by atoms with E-state index in [1.165, 1.54) is 0 Å². The Kier molecular flexibility index (Phi) is 4.16. The van der Waals surface area contributed by atoms with Gasteiger partial charge in [0.1, 0.15) is 4.88 Å². The van der Waals surface area contributed by atoms with Crippen LogP contribution in [0.15, 0.2) is 18.2 Å². The van der Waals surface area contributed by atoms with Crippen LogP contribution in [0, 0.1) is 6.92 Å². The van der Waals surface area contributed by atoms with Gasteiger partial charge >= 0.3 is 5.97 Å². The number of ether oxygens (including phenoxy) is 3. The number of nitrogens with zero attached hydrogens (tertiary/aromatic N) is 1. The van der Waals surface area contributed by atoms with Crippen LogP contribution in [0.5, 0.6) is 11.5 Å². The smallest absolute Gasteiger partial charge is 0.350 e. The number of hydrogen-bond donors (Lipinski definition) is 1. The highest BCUT2D eigenvalue weighted by Gasteiger charge is 2.20. The first kappa shape index (κ1) is 15.3. The molecule has 2 aromatic rings. The van der Waals surface area contributed by atoms with Crippen LogP contribution in [0.3, 0.4) is 0 Å². The van der Waals surface area contributed by atoms with Crippen molar-refractivity contribution in [1.29, 1.82) is 0 Å². The zero-order valence-electron chi connectivity index (χ0n) is 12.5. The molecule has 0 aliphatic carbocycles. The number of fused-ring (bicyclic) bond motifs is 1. The topological polar surface area (TPSA) is 86.8 Å². The highest BCUT2D eigenvalue weighted by molar-refractivity contribution is 7.17. The number of esters is 1. The minimum atomic E-state index is -0.439. The van der Waals surface area contributed by atoms with E-state index in [2.05, 4.69) is 10.3 Å². The molecule has 0 radical (unpaired) electrons. The predicted molar refractivity (Wildman–Crippen MR) is 83.3 cm³/mol. The van der Waals surface area contributed by atoms with Gasteiger partial charge in [0.25, 0.3) is 5.91 Å². The van der Waals surface area contributed by atoms with E-state index in [1.807, 2.05) is 0 Å². The molecule has 1 amide bonds. The van der Waals surface area contributed by atoms with Crippen molar-refractivity contribution in [2.75, 3.05) is 18.7 Å². The molecule has 1 aromatic heterocycles. The molecule has 1 aliphatic heterocycles. The lowest BCUT2D eigenvalue weighted by molar-refractivity contribution is 0.0531. The Morgan fingerprint density at radius 1 is 1.35 bits per heavy atom. The van der Waals surface area contributed by atoms with Crippen LogP contribution in [0.4, 0.5) is 5.13 Å². The predicted octanol–water partition coefficient (Wildman–Crippen LogP) is 2.61. The number of carbonyl (C=O) groups is 2. The highest BCUT2D eigenvalue weighted by atomic mass is 32.1. The summed E-state index contributed by atoms with van der Waals surface area (Å²) in [6, 6.07) is 4.91. The van der Waals surface area contributed by atoms with Crippen molar-refractivity contribution < 1.29 is 23.8 Å². The van der Waals surface area contributed by atoms with Crippen molar-refractivity contribution in [3.05, 3.63) is 34.3 Å². The quantitative estimate of drug-likeness (QED) is 0.865. The van der Waals surface area contributed by atoms with Gasteiger partial charge in [-0.15, -0.1) is 0 Å². The Hall–Kier alpha value is -2.61. The number of thiazole rings is 1. The van der Waals surface area contributed by atoms with Crippen LogP contribution in [-0.2, 0) is 4.74 Å². The Bertz CT molecular complexity index is 771. The van der Waals surface area contributed by atoms with Gasteiger partial charge in [0.15, 0.2) is 16.6 Å². The Balaban J connectivity index is 1.75. The maximum Gasteiger partial charge on any atom is 0.350 e. The van der Waals surface area contributed by atoms with Crippen LogP contribution < -0.4 is 14.8 Å². The third-order valence-electron chi connectivity index (χ3n) is 3.11. The van der Waals surface area contributed by atoms with E-state index >= 15 is 0 Å². The van der Waals surface area contributed by atoms with Crippen molar-refractivity contribution in [3.8, 4) is 11.5 Å². The maximum absolute atomic E-state index is 12.3. The van der Waals surface area contributed by atoms with Crippen molar-refractivity contribution in [3.63, 3.8) is 0 Å². The Morgan fingerprint density at radius 3 is 2.91 bits per heavy atom. The fourth-order valence-corrected chi connectivity index (χ4v) is 2.90. The van der Waals surface area contributed by atoms with Gasteiger partial charge in [0, 0.05) is 5.56 Å². The summed E-state index contributed by atoms with van der Waals surface area (Å²) < 4.78 is 15.4. The van der Waals surface area contributed by atoms with Gasteiger partial charge in [-0.05, 0) is 32.0 Å². The van der Waals surface area contributed by atoms with Gasteiger partial charge in [-0.3, -0.25) is 10.1 Å². The fourth-order valence-electron chi connectivity index (χ4n) is 2.04. The van der Waals surface area contributed by atoms with Crippen LogP contribution in [0.2, 0.25) is 0 Å². The Morgan fingerprint density at radius 2 is 2.13 bits per heavy atom. The standard InChI is InChI=1S/C15H14N2O5S/c1-3-20-14(19)12-8(2)16-15(23-12)17-13(18)9-4-5-10-11(6-9)22-7-21-10/h4-6H,3,7H2,1-2H3,(H,16,17,18). The molecule has 0 spiro atoms. The number of carbonyl (C=O) groups excluding carboxylic acids is 2. The second-order valence-corrected chi connectivity index (χ2v) is 5.68. The maximum atomic E-state index is 12.3. The molecule has 0 bridgehead atoms. The van der Waals surface area contributed by atoms with Crippen molar-refractivity contribution >= 4 is 28.3 Å². The first-order chi connectivity index (χ1) is 11.1. The normalized spacial score (nSPS) is 12.1. The Labute approximate surface area is 136 Å². The number of hydrogen-bond acceptors (Lipinski definition) is 7. The summed E-state index contributed by atoms with van der Waals surface area (Å²) >= 11 is 1.08. The molecule has 1 N–H and O–H groups in total. The summed E-state index contributed by atoms with van der Waals surface area (Å²) in [5, 5.41) is 3.01. The molecule has 0 fully saturated rings. The molecule has 0 saturated heterocycles. The molecule has 120 valence electrons. The number of nitrogens with one attached hydrogen (secondary N) is 1. The first-order valence-electron chi connectivity index (χ1n) is 6.94. The second-order valence-electron chi connectivity index (χ2n) is 4.68. The fraction of sp³-hybridized carbons (Fsp3) is 0.267. The lowest BCUT2D eigenvalue weighted by atomic mass is 10.2. The average molecular weight is 334 g/mol. The number of anilines is 1. The minimum Gasteiger partial charge on any atom is -0.462 e. The molecule has 8 heteroatoms. The van der Waals surface area contributed by atoms with Crippen LogP contribution in [0.1, 0.15) is 32.6 Å². The zero-order chi connectivity index (χ0) is 16.4. The van der Waals surface area contributed by atoms with Gasteiger partial charge in [-0.2, -0.15) is 0 Å². The lowest BCUT2D eigenvalue weighted by Gasteiger charge is -2.03. The molecule has 2 heterocycles. The van der Waals surface area contributed by atoms with E-state index in [4.69, 9.17) is 14.2 Å². The first-order valence-corrected chi connectivity index (χ1v) is 7.75. The second kappa shape index (κ2) is 6.25. The minimum absolute atomic E-state index is 0.148. The largest absolute Gasteiger partial charge is 0.462 e. The summed E-state index contributed by atoms with van der Waals surface area (Å²) in [7, 11) is 0. The van der Waals surface area contributed by atoms with Gasteiger partial charge in [0.05, 0.1) is 12.3 Å². The number of aryl methyl sites for hydroxylation is 1. The van der Waals surface area contributed by atoms with Crippen LogP contribution in [0.25, 0.3) is 0 Å². The molecule has 0 saturated carbocycles. The number of benzene rings is 1. The van der Waals surface area contributed by atoms with Crippen LogP contribution in [-0.4, -0.2) is 30.3 Å². The monoisotopic (exact) mass is 334 g/mol. The highest BCUT2D eigenvalue weighted by Crippen LogP contribution is 2.33. The van der Waals surface area contributed by atoms with Crippen molar-refractivity contribution in [1.82, 2.24) is 4.98 Å². The van der Waals surface area contributed by atoms with E-state index in [-0.39, 0.29) is 19.3 Å². The molecular formula is C15H14N2O5S. The third-order valence-corrected chi connectivity index (χ3v) is 4.17. The molecule has 0 unspecified atom stereocenters. The number of rotatable bonds is 4. The molecule has 0 atom stereocenters. The zero-order valence-corrected chi connectivity index (χ0v) is 13.4. The average Bonchev–Trinajstić information content (AvgIpc) is 3.13. The molecule has 23 heavy (non-hydrogen) atoms. The van der Waals surface area contributed by atoms with Crippen molar-refractivity contribution in [2.24, 2.45) is 0 Å². The summed E-state index contributed by atoms with van der Waals surface area (Å²) in [5.74, 6) is 0.356. The summed E-state index contributed by atoms with van der Waals surface area (Å²) in [4.78, 5) is 28.6. The molecule has 1 aromatic carbocycles. The summed E-state index contributed by atoms with van der Waals surface area (Å²) in [5.41, 5.74) is 0.939. The number of aromatic nitrogens is 1. The van der Waals surface area contributed by atoms with Gasteiger partial charge in [-0.1, -0.05) is 11.3 Å². The molecule has 7 nitrogen and oxygen atoms in total. The molecule has 1 aliphatic rings. The summed E-state index contributed by atoms with van der Waals surface area (Å²) in [6.07, 6.45) is 0. The molecular weight excluding hydrogens is 320 g/mol. The van der Waals surface area contributed by atoms with Gasteiger partial charge < -0.3 is 14.2 Å². The van der Waals surface area contributed by atoms with E-state index < -0.39 is 5.97 Å². The van der Waals surface area contributed by atoms with Gasteiger partial charge in [-0.25, -0.2) is 9.78 Å². The molecule has 3 rings (SSSR count). The van der Waals surface area contributed by atoms with E-state index in [0.717, 1.165) is 11.3 Å². The van der Waals surface area contributed by atoms with E-state index in [9.17, 15) is 9.59 Å². The van der Waals surface area contributed by atoms with Crippen LogP contribution >= 0.6 is 11.3 Å². The number of amides is 1. The van der Waals surface area contributed by atoms with Crippen molar-refractivity contribution in [2.45, 2.75) is 13.8 Å². The SMILES string of the molecule is CCOC(=O)c1sc(NC(=O)c2ccc3c(c2)OCO3)nc1C. The van der Waals surface area contributed by atoms with E-state index in [0.29, 0.717) is 32.8 Å². The van der Waals surface area contributed by atoms with Gasteiger partial charge in [0.2, 0.25) is 6.79 Å².